The van der Waals surface area contributed by atoms with Gasteiger partial charge in [0.05, 0.1) is 11.5 Å². The summed E-state index contributed by atoms with van der Waals surface area (Å²) >= 11 is 0. The minimum absolute atomic E-state index is 0.0179. The summed E-state index contributed by atoms with van der Waals surface area (Å²) in [5, 5.41) is 8.92. The van der Waals surface area contributed by atoms with Crippen LogP contribution in [0.1, 0.15) is 31.2 Å². The number of carbonyl (C=O) groups is 1. The third-order valence-corrected chi connectivity index (χ3v) is 6.32. The summed E-state index contributed by atoms with van der Waals surface area (Å²) in [5.74, 6) is -0.227. The van der Waals surface area contributed by atoms with Gasteiger partial charge in [-0.2, -0.15) is 4.31 Å². The Bertz CT molecular complexity index is 700. The fourth-order valence-corrected chi connectivity index (χ4v) is 4.91. The minimum Gasteiger partial charge on any atom is -0.493 e. The average Bonchev–Trinajstić information content (AvgIpc) is 2.54. The summed E-state index contributed by atoms with van der Waals surface area (Å²) in [6.45, 7) is 1.40. The molecule has 0 spiro atoms. The first-order chi connectivity index (χ1) is 11.0. The number of benzene rings is 1. The van der Waals surface area contributed by atoms with Crippen molar-refractivity contribution < 1.29 is 23.1 Å². The molecule has 0 radical (unpaired) electrons. The molecule has 1 atom stereocenters. The van der Waals surface area contributed by atoms with Crippen molar-refractivity contribution in [2.24, 2.45) is 5.92 Å². The zero-order valence-corrected chi connectivity index (χ0v) is 13.7. The lowest BCUT2D eigenvalue weighted by atomic mass is 9.96. The second-order valence-electron chi connectivity index (χ2n) is 6.19. The molecule has 126 valence electrons. The molecule has 1 saturated heterocycles. The lowest BCUT2D eigenvalue weighted by molar-refractivity contribution is -0.138. The molecule has 23 heavy (non-hydrogen) atoms. The predicted molar refractivity (Wildman–Crippen MR) is 84.0 cm³/mol. The van der Waals surface area contributed by atoms with Crippen LogP contribution in [0, 0.1) is 5.92 Å². The molecular weight excluding hydrogens is 318 g/mol. The van der Waals surface area contributed by atoms with E-state index in [-0.39, 0.29) is 23.8 Å². The first-order valence-electron chi connectivity index (χ1n) is 7.94. The van der Waals surface area contributed by atoms with Crippen LogP contribution in [-0.4, -0.2) is 43.5 Å². The number of carboxylic acids is 1. The van der Waals surface area contributed by atoms with Gasteiger partial charge in [0.15, 0.2) is 0 Å². The van der Waals surface area contributed by atoms with Crippen LogP contribution >= 0.6 is 0 Å². The van der Waals surface area contributed by atoms with Gasteiger partial charge in [-0.3, -0.25) is 4.79 Å². The molecule has 0 amide bonds. The topological polar surface area (TPSA) is 83.9 Å². The zero-order chi connectivity index (χ0) is 16.4. The molecule has 7 heteroatoms. The summed E-state index contributed by atoms with van der Waals surface area (Å²) in [6, 6.07) is 5.00. The highest BCUT2D eigenvalue weighted by atomic mass is 32.2. The van der Waals surface area contributed by atoms with E-state index < -0.39 is 16.0 Å². The molecular formula is C16H21NO5S. The zero-order valence-electron chi connectivity index (χ0n) is 12.9. The highest BCUT2D eigenvalue weighted by Crippen LogP contribution is 2.30. The van der Waals surface area contributed by atoms with E-state index in [1.165, 1.54) is 4.31 Å². The van der Waals surface area contributed by atoms with Crippen molar-refractivity contribution in [3.05, 3.63) is 23.8 Å². The Balaban J connectivity index is 1.82. The predicted octanol–water partition coefficient (Wildman–Crippen LogP) is 1.89. The number of sulfonamides is 1. The summed E-state index contributed by atoms with van der Waals surface area (Å²) in [6.07, 6.45) is 3.19. The Morgan fingerprint density at radius 1 is 1.35 bits per heavy atom. The molecule has 1 N–H and O–H groups in total. The van der Waals surface area contributed by atoms with E-state index in [0.717, 1.165) is 30.6 Å². The molecule has 6 nitrogen and oxygen atoms in total. The van der Waals surface area contributed by atoms with Crippen molar-refractivity contribution in [3.8, 4) is 5.75 Å². The van der Waals surface area contributed by atoms with Crippen molar-refractivity contribution in [1.29, 1.82) is 0 Å². The standard InChI is InChI=1S/C16H21NO5S/c18-16(19)9-12-3-1-7-17(11-12)23(20,21)14-5-6-15-13(10-14)4-2-8-22-15/h5-6,10,12H,1-4,7-9,11H2,(H,18,19). The SMILES string of the molecule is O=C(O)CC1CCCN(S(=O)(=O)c2ccc3c(c2)CCCO3)C1. The van der Waals surface area contributed by atoms with Gasteiger partial charge in [0, 0.05) is 19.5 Å². The van der Waals surface area contributed by atoms with Gasteiger partial charge in [-0.15, -0.1) is 0 Å². The van der Waals surface area contributed by atoms with E-state index in [9.17, 15) is 13.2 Å². The van der Waals surface area contributed by atoms with Crippen molar-refractivity contribution in [1.82, 2.24) is 4.31 Å². The van der Waals surface area contributed by atoms with Gasteiger partial charge in [0.25, 0.3) is 0 Å². The fourth-order valence-electron chi connectivity index (χ4n) is 3.31. The van der Waals surface area contributed by atoms with Crippen LogP contribution in [0.15, 0.2) is 23.1 Å². The van der Waals surface area contributed by atoms with E-state index >= 15 is 0 Å². The first kappa shape index (κ1) is 16.3. The van der Waals surface area contributed by atoms with Crippen LogP contribution in [0.3, 0.4) is 0 Å². The number of aryl methyl sites for hydroxylation is 1. The van der Waals surface area contributed by atoms with Crippen LogP contribution < -0.4 is 4.74 Å². The molecule has 0 aromatic heterocycles. The number of rotatable bonds is 4. The minimum atomic E-state index is -3.58. The number of ether oxygens (including phenoxy) is 1. The quantitative estimate of drug-likeness (QED) is 0.905. The molecule has 1 unspecified atom stereocenters. The lowest BCUT2D eigenvalue weighted by Crippen LogP contribution is -2.40. The summed E-state index contributed by atoms with van der Waals surface area (Å²) < 4.78 is 32.6. The van der Waals surface area contributed by atoms with Crippen molar-refractivity contribution >= 4 is 16.0 Å². The molecule has 1 aromatic rings. The van der Waals surface area contributed by atoms with Crippen molar-refractivity contribution in [3.63, 3.8) is 0 Å². The number of nitrogens with zero attached hydrogens (tertiary/aromatic N) is 1. The van der Waals surface area contributed by atoms with Crippen LogP contribution in [-0.2, 0) is 21.2 Å². The van der Waals surface area contributed by atoms with E-state index in [2.05, 4.69) is 0 Å². The first-order valence-corrected chi connectivity index (χ1v) is 9.38. The van der Waals surface area contributed by atoms with E-state index in [0.29, 0.717) is 19.6 Å². The summed E-state index contributed by atoms with van der Waals surface area (Å²) in [7, 11) is -3.58. The third kappa shape index (κ3) is 3.50. The number of piperidine rings is 1. The average molecular weight is 339 g/mol. The highest BCUT2D eigenvalue weighted by molar-refractivity contribution is 7.89. The maximum absolute atomic E-state index is 12.8. The van der Waals surface area contributed by atoms with E-state index in [1.54, 1.807) is 18.2 Å². The largest absolute Gasteiger partial charge is 0.493 e. The van der Waals surface area contributed by atoms with Gasteiger partial charge in [-0.1, -0.05) is 0 Å². The number of fused-ring (bicyclic) bond motifs is 1. The molecule has 2 heterocycles. The van der Waals surface area contributed by atoms with Gasteiger partial charge in [0.1, 0.15) is 5.75 Å². The maximum atomic E-state index is 12.8. The third-order valence-electron chi connectivity index (χ3n) is 4.46. The monoisotopic (exact) mass is 339 g/mol. The smallest absolute Gasteiger partial charge is 0.303 e. The van der Waals surface area contributed by atoms with E-state index in [1.807, 2.05) is 0 Å². The molecule has 0 aliphatic carbocycles. The Hall–Kier alpha value is -1.60. The van der Waals surface area contributed by atoms with E-state index in [4.69, 9.17) is 9.84 Å². The Labute approximate surface area is 136 Å². The molecule has 1 aromatic carbocycles. The molecule has 3 rings (SSSR count). The second-order valence-corrected chi connectivity index (χ2v) is 8.13. The highest BCUT2D eigenvalue weighted by Gasteiger charge is 2.31. The fraction of sp³-hybridized carbons (Fsp3) is 0.562. The molecule has 2 aliphatic rings. The van der Waals surface area contributed by atoms with Gasteiger partial charge in [-0.25, -0.2) is 8.42 Å². The second kappa shape index (κ2) is 6.49. The summed E-state index contributed by atoms with van der Waals surface area (Å²) in [5.41, 5.74) is 0.927. The molecule has 0 saturated carbocycles. The summed E-state index contributed by atoms with van der Waals surface area (Å²) in [4.78, 5) is 11.1. The van der Waals surface area contributed by atoms with Gasteiger partial charge >= 0.3 is 5.97 Å². The van der Waals surface area contributed by atoms with Gasteiger partial charge in [0.2, 0.25) is 10.0 Å². The number of carboxylic acid groups (broad SMARTS) is 1. The molecule has 0 bridgehead atoms. The lowest BCUT2D eigenvalue weighted by Gasteiger charge is -2.31. The Morgan fingerprint density at radius 2 is 2.17 bits per heavy atom. The Morgan fingerprint density at radius 3 is 2.96 bits per heavy atom. The normalized spacial score (nSPS) is 22.2. The molecule has 2 aliphatic heterocycles. The van der Waals surface area contributed by atoms with Gasteiger partial charge in [-0.05, 0) is 55.4 Å². The molecule has 1 fully saturated rings. The van der Waals surface area contributed by atoms with Crippen LogP contribution in [0.25, 0.3) is 0 Å². The van der Waals surface area contributed by atoms with Crippen LogP contribution in [0.5, 0.6) is 5.75 Å². The van der Waals surface area contributed by atoms with Crippen LogP contribution in [0.4, 0.5) is 0 Å². The number of hydrogen-bond acceptors (Lipinski definition) is 4. The van der Waals surface area contributed by atoms with Crippen molar-refractivity contribution in [2.45, 2.75) is 37.0 Å². The Kier molecular flexibility index (Phi) is 4.59. The van der Waals surface area contributed by atoms with Crippen molar-refractivity contribution in [2.75, 3.05) is 19.7 Å². The number of hydrogen-bond donors (Lipinski definition) is 1. The number of aliphatic carboxylic acids is 1. The van der Waals surface area contributed by atoms with Crippen LogP contribution in [0.2, 0.25) is 0 Å². The van der Waals surface area contributed by atoms with Gasteiger partial charge < -0.3 is 9.84 Å². The maximum Gasteiger partial charge on any atom is 0.303 e.